The summed E-state index contributed by atoms with van der Waals surface area (Å²) in [6, 6.07) is 8.17. The van der Waals surface area contributed by atoms with Crippen molar-refractivity contribution in [2.75, 3.05) is 29.0 Å². The number of aryl methyl sites for hydroxylation is 2. The zero-order valence-corrected chi connectivity index (χ0v) is 14.4. The Balaban J connectivity index is 1.88. The van der Waals surface area contributed by atoms with Crippen LogP contribution in [-0.4, -0.2) is 29.1 Å². The van der Waals surface area contributed by atoms with Gasteiger partial charge in [-0.1, -0.05) is 13.3 Å². The second kappa shape index (κ2) is 7.05. The van der Waals surface area contributed by atoms with Crippen LogP contribution in [0.25, 0.3) is 0 Å². The Morgan fingerprint density at radius 3 is 2.79 bits per heavy atom. The molecule has 1 aromatic heterocycles. The number of rotatable bonds is 5. The van der Waals surface area contributed by atoms with Gasteiger partial charge in [0, 0.05) is 42.3 Å². The van der Waals surface area contributed by atoms with Crippen molar-refractivity contribution in [3.05, 3.63) is 35.5 Å². The van der Waals surface area contributed by atoms with E-state index < -0.39 is 0 Å². The van der Waals surface area contributed by atoms with Crippen molar-refractivity contribution in [1.82, 2.24) is 9.97 Å². The normalized spacial score (nSPS) is 17.3. The lowest BCUT2D eigenvalue weighted by Gasteiger charge is -2.19. The second-order valence-corrected chi connectivity index (χ2v) is 6.48. The first-order valence-electron chi connectivity index (χ1n) is 8.57. The standard InChI is InChI=1S/C18H26N6/c1-3-4-14-10-17(24-8-7-13(19)11-24)23-18(21-14)22-15-5-6-16(20)12(2)9-15/h5-6,9-10,13H,3-4,7-8,11,19-20H2,1-2H3,(H,21,22,23). The topological polar surface area (TPSA) is 93.1 Å². The number of hydrogen-bond donors (Lipinski definition) is 3. The van der Waals surface area contributed by atoms with Crippen LogP contribution in [0.1, 0.15) is 31.0 Å². The molecule has 1 atom stereocenters. The molecular weight excluding hydrogens is 300 g/mol. The van der Waals surface area contributed by atoms with E-state index in [0.29, 0.717) is 5.95 Å². The minimum Gasteiger partial charge on any atom is -0.399 e. The number of nitrogens with one attached hydrogen (secondary N) is 1. The van der Waals surface area contributed by atoms with Crippen LogP contribution in [0.4, 0.5) is 23.1 Å². The summed E-state index contributed by atoms with van der Waals surface area (Å²) in [6.45, 7) is 5.95. The van der Waals surface area contributed by atoms with E-state index in [-0.39, 0.29) is 6.04 Å². The fraction of sp³-hybridized carbons (Fsp3) is 0.444. The molecule has 6 heteroatoms. The zero-order valence-electron chi connectivity index (χ0n) is 14.4. The highest BCUT2D eigenvalue weighted by Crippen LogP contribution is 2.23. The first kappa shape index (κ1) is 16.5. The quantitative estimate of drug-likeness (QED) is 0.731. The lowest BCUT2D eigenvalue weighted by atomic mass is 10.2. The Kier molecular flexibility index (Phi) is 4.85. The van der Waals surface area contributed by atoms with Gasteiger partial charge < -0.3 is 21.7 Å². The van der Waals surface area contributed by atoms with Gasteiger partial charge in [-0.05, 0) is 43.5 Å². The van der Waals surface area contributed by atoms with Crippen molar-refractivity contribution >= 4 is 23.1 Å². The summed E-state index contributed by atoms with van der Waals surface area (Å²) in [6.07, 6.45) is 2.99. The van der Waals surface area contributed by atoms with Crippen LogP contribution in [0.5, 0.6) is 0 Å². The lowest BCUT2D eigenvalue weighted by Crippen LogP contribution is -2.27. The third-order valence-electron chi connectivity index (χ3n) is 4.35. The zero-order chi connectivity index (χ0) is 17.1. The molecule has 0 saturated carbocycles. The molecule has 1 aliphatic rings. The first-order valence-corrected chi connectivity index (χ1v) is 8.57. The molecule has 0 spiro atoms. The van der Waals surface area contributed by atoms with E-state index in [1.165, 1.54) is 0 Å². The van der Waals surface area contributed by atoms with Crippen molar-refractivity contribution < 1.29 is 0 Å². The van der Waals surface area contributed by atoms with E-state index in [0.717, 1.165) is 60.8 Å². The number of hydrogen-bond acceptors (Lipinski definition) is 6. The molecule has 3 rings (SSSR count). The Hall–Kier alpha value is -2.34. The van der Waals surface area contributed by atoms with Gasteiger partial charge in [-0.2, -0.15) is 4.98 Å². The fourth-order valence-corrected chi connectivity index (χ4v) is 2.96. The van der Waals surface area contributed by atoms with Gasteiger partial charge in [0.25, 0.3) is 0 Å². The molecule has 1 fully saturated rings. The van der Waals surface area contributed by atoms with Gasteiger partial charge in [0.2, 0.25) is 5.95 Å². The molecule has 128 valence electrons. The summed E-state index contributed by atoms with van der Waals surface area (Å²) in [5.41, 5.74) is 15.7. The Morgan fingerprint density at radius 1 is 1.29 bits per heavy atom. The molecule has 1 aromatic carbocycles. The molecule has 2 aromatic rings. The maximum absolute atomic E-state index is 6.04. The predicted octanol–water partition coefficient (Wildman–Crippen LogP) is 2.60. The highest BCUT2D eigenvalue weighted by molar-refractivity contribution is 5.61. The Labute approximate surface area is 143 Å². The van der Waals surface area contributed by atoms with Gasteiger partial charge in [-0.3, -0.25) is 0 Å². The Morgan fingerprint density at radius 2 is 2.12 bits per heavy atom. The average molecular weight is 326 g/mol. The van der Waals surface area contributed by atoms with Gasteiger partial charge >= 0.3 is 0 Å². The van der Waals surface area contributed by atoms with Gasteiger partial charge in [-0.25, -0.2) is 4.98 Å². The molecule has 0 amide bonds. The number of nitrogens with zero attached hydrogens (tertiary/aromatic N) is 3. The highest BCUT2D eigenvalue weighted by atomic mass is 15.2. The molecule has 1 saturated heterocycles. The second-order valence-electron chi connectivity index (χ2n) is 6.48. The summed E-state index contributed by atoms with van der Waals surface area (Å²) in [7, 11) is 0. The minimum atomic E-state index is 0.228. The minimum absolute atomic E-state index is 0.228. The van der Waals surface area contributed by atoms with Gasteiger partial charge in [0.1, 0.15) is 5.82 Å². The van der Waals surface area contributed by atoms with Crippen LogP contribution in [0.15, 0.2) is 24.3 Å². The van der Waals surface area contributed by atoms with Crippen LogP contribution in [0, 0.1) is 6.92 Å². The molecule has 24 heavy (non-hydrogen) atoms. The van der Waals surface area contributed by atoms with Gasteiger partial charge in [-0.15, -0.1) is 0 Å². The molecule has 5 N–H and O–H groups in total. The summed E-state index contributed by atoms with van der Waals surface area (Å²) in [4.78, 5) is 11.6. The summed E-state index contributed by atoms with van der Waals surface area (Å²) < 4.78 is 0. The number of nitrogens with two attached hydrogens (primary N) is 2. The predicted molar refractivity (Wildman–Crippen MR) is 99.7 cm³/mol. The van der Waals surface area contributed by atoms with Crippen molar-refractivity contribution in [3.8, 4) is 0 Å². The molecule has 1 unspecified atom stereocenters. The monoisotopic (exact) mass is 326 g/mol. The fourth-order valence-electron chi connectivity index (χ4n) is 2.96. The molecule has 0 bridgehead atoms. The van der Waals surface area contributed by atoms with Crippen molar-refractivity contribution in [2.24, 2.45) is 5.73 Å². The van der Waals surface area contributed by atoms with Crippen molar-refractivity contribution in [3.63, 3.8) is 0 Å². The van der Waals surface area contributed by atoms with E-state index >= 15 is 0 Å². The summed E-state index contributed by atoms with van der Waals surface area (Å²) in [5.74, 6) is 1.58. The summed E-state index contributed by atoms with van der Waals surface area (Å²) in [5, 5.41) is 3.31. The van der Waals surface area contributed by atoms with Crippen molar-refractivity contribution in [1.29, 1.82) is 0 Å². The SMILES string of the molecule is CCCc1cc(N2CCC(N)C2)nc(Nc2ccc(N)c(C)c2)n1. The van der Waals surface area contributed by atoms with Gasteiger partial charge in [0.15, 0.2) is 0 Å². The van der Waals surface area contributed by atoms with E-state index in [1.54, 1.807) is 0 Å². The van der Waals surface area contributed by atoms with E-state index in [1.807, 2.05) is 25.1 Å². The number of anilines is 4. The third-order valence-corrected chi connectivity index (χ3v) is 4.35. The molecular formula is C18H26N6. The van der Waals surface area contributed by atoms with Crippen LogP contribution in [0.3, 0.4) is 0 Å². The highest BCUT2D eigenvalue weighted by Gasteiger charge is 2.21. The van der Waals surface area contributed by atoms with E-state index in [9.17, 15) is 0 Å². The van der Waals surface area contributed by atoms with Crippen LogP contribution in [0.2, 0.25) is 0 Å². The maximum atomic E-state index is 6.04. The summed E-state index contributed by atoms with van der Waals surface area (Å²) >= 11 is 0. The maximum Gasteiger partial charge on any atom is 0.229 e. The number of benzene rings is 1. The molecule has 6 nitrogen and oxygen atoms in total. The van der Waals surface area contributed by atoms with Crippen LogP contribution >= 0.6 is 0 Å². The lowest BCUT2D eigenvalue weighted by molar-refractivity contribution is 0.751. The molecule has 2 heterocycles. The number of aromatic nitrogens is 2. The van der Waals surface area contributed by atoms with Crippen molar-refractivity contribution in [2.45, 2.75) is 39.2 Å². The molecule has 1 aliphatic heterocycles. The smallest absolute Gasteiger partial charge is 0.229 e. The van der Waals surface area contributed by atoms with Gasteiger partial charge in [0.05, 0.1) is 0 Å². The average Bonchev–Trinajstić information content (AvgIpc) is 2.98. The van der Waals surface area contributed by atoms with E-state index in [4.69, 9.17) is 16.5 Å². The van der Waals surface area contributed by atoms with Crippen LogP contribution < -0.4 is 21.7 Å². The Bertz CT molecular complexity index is 715. The number of nitrogen functional groups attached to an aromatic ring is 1. The van der Waals surface area contributed by atoms with Crippen LogP contribution in [-0.2, 0) is 6.42 Å². The molecule has 0 radical (unpaired) electrons. The molecule has 0 aliphatic carbocycles. The largest absolute Gasteiger partial charge is 0.399 e. The first-order chi connectivity index (χ1) is 11.5. The third kappa shape index (κ3) is 3.76. The van der Waals surface area contributed by atoms with E-state index in [2.05, 4.69) is 28.2 Å².